The van der Waals surface area contributed by atoms with Crippen LogP contribution in [0.15, 0.2) is 164 Å². The average molecular weight is 776 g/mol. The number of rotatable bonds is 6. The Morgan fingerprint density at radius 2 is 1.33 bits per heavy atom. The second-order valence-corrected chi connectivity index (χ2v) is 14.2. The summed E-state index contributed by atoms with van der Waals surface area (Å²) in [5, 5.41) is 9.62. The van der Waals surface area contributed by atoms with Gasteiger partial charge in [0.15, 0.2) is 0 Å². The monoisotopic (exact) mass is 773 g/mol. The fourth-order valence-corrected chi connectivity index (χ4v) is 8.13. The second kappa shape index (κ2) is 13.1. The van der Waals surface area contributed by atoms with Gasteiger partial charge >= 0.3 is 5.79 Å². The van der Waals surface area contributed by atoms with Gasteiger partial charge in [-0.2, -0.15) is 0 Å². The van der Waals surface area contributed by atoms with Crippen molar-refractivity contribution in [3.8, 4) is 0 Å². The first kappa shape index (κ1) is 31.7. The minimum absolute atomic E-state index is 0.0261. The Hall–Kier alpha value is -4.50. The molecule has 5 aromatic carbocycles. The van der Waals surface area contributed by atoms with Gasteiger partial charge in [0.05, 0.1) is 18.2 Å². The number of halogens is 2. The molecule has 1 saturated heterocycles. The van der Waals surface area contributed by atoms with Crippen molar-refractivity contribution >= 4 is 49.5 Å². The molecule has 1 fully saturated rings. The maximum atomic E-state index is 7.15. The molecule has 0 saturated carbocycles. The molecule has 8 heteroatoms. The number of fused-ring (bicyclic) bond motifs is 1. The van der Waals surface area contributed by atoms with Gasteiger partial charge in [-0.25, -0.2) is 0 Å². The summed E-state index contributed by atoms with van der Waals surface area (Å²) in [5.41, 5.74) is 5.40. The lowest BCUT2D eigenvalue weighted by Gasteiger charge is -2.52. The van der Waals surface area contributed by atoms with E-state index in [1.54, 1.807) is 0 Å². The lowest BCUT2D eigenvalue weighted by atomic mass is 9.68. The Labute approximate surface area is 303 Å². The molecule has 0 amide bonds. The molecule has 8 rings (SSSR count). The van der Waals surface area contributed by atoms with Gasteiger partial charge in [-0.15, -0.1) is 0 Å². The molecule has 0 N–H and O–H groups in total. The predicted molar refractivity (Wildman–Crippen MR) is 200 cm³/mol. The van der Waals surface area contributed by atoms with Crippen LogP contribution in [0.25, 0.3) is 6.08 Å². The summed E-state index contributed by atoms with van der Waals surface area (Å²) >= 11 is 7.70. The standard InChI is InChI=1S/C41H33Br2N3O3/c1-28(29-15-5-2-6-16-29)46-26-33(25-32-21-11-13-23-35(32)42)41(47-39(45-49-41)31-19-9-4-10-20-31)40(27-46)37(34-22-12-14-24-36(34)43)38(44-48-40)30-17-7-3-8-18-30/h2-25,28,37H,26-27H2,1H3/b33-25+/t28-,37-,40-,41+/m1/s1. The lowest BCUT2D eigenvalue weighted by molar-refractivity contribution is -0.279. The molecule has 0 aliphatic carbocycles. The summed E-state index contributed by atoms with van der Waals surface area (Å²) in [7, 11) is 0. The van der Waals surface area contributed by atoms with Crippen molar-refractivity contribution < 1.29 is 14.4 Å². The van der Waals surface area contributed by atoms with Gasteiger partial charge < -0.3 is 14.4 Å². The van der Waals surface area contributed by atoms with Crippen molar-refractivity contribution in [3.63, 3.8) is 0 Å². The maximum absolute atomic E-state index is 7.15. The molecule has 49 heavy (non-hydrogen) atoms. The Bertz CT molecular complexity index is 2070. The molecule has 244 valence electrons. The van der Waals surface area contributed by atoms with Crippen molar-refractivity contribution in [2.24, 2.45) is 10.3 Å². The Morgan fingerprint density at radius 1 is 0.714 bits per heavy atom. The van der Waals surface area contributed by atoms with Crippen LogP contribution in [-0.4, -0.2) is 41.0 Å². The van der Waals surface area contributed by atoms with Gasteiger partial charge in [0.1, 0.15) is 0 Å². The molecular weight excluding hydrogens is 742 g/mol. The molecule has 0 unspecified atom stereocenters. The lowest BCUT2D eigenvalue weighted by Crippen LogP contribution is -2.70. The maximum Gasteiger partial charge on any atom is 0.346 e. The fourth-order valence-electron chi connectivity index (χ4n) is 7.22. The predicted octanol–water partition coefficient (Wildman–Crippen LogP) is 9.73. The largest absolute Gasteiger partial charge is 0.422 e. The summed E-state index contributed by atoms with van der Waals surface area (Å²) in [6.07, 6.45) is 2.15. The zero-order chi connectivity index (χ0) is 33.4. The van der Waals surface area contributed by atoms with E-state index in [-0.39, 0.29) is 6.04 Å². The molecule has 0 radical (unpaired) electrons. The van der Waals surface area contributed by atoms with Crippen LogP contribution < -0.4 is 0 Å². The van der Waals surface area contributed by atoms with Crippen molar-refractivity contribution in [2.45, 2.75) is 30.3 Å². The summed E-state index contributed by atoms with van der Waals surface area (Å²) in [6.45, 7) is 3.20. The zero-order valence-corrected chi connectivity index (χ0v) is 29.9. The van der Waals surface area contributed by atoms with E-state index in [1.807, 2.05) is 78.9 Å². The van der Waals surface area contributed by atoms with Crippen molar-refractivity contribution in [1.82, 2.24) is 4.90 Å². The first-order chi connectivity index (χ1) is 24.0. The molecule has 3 aliphatic heterocycles. The summed E-state index contributed by atoms with van der Waals surface area (Å²) < 4.78 is 9.05. The van der Waals surface area contributed by atoms with Crippen molar-refractivity contribution in [1.29, 1.82) is 0 Å². The van der Waals surface area contributed by atoms with Gasteiger partial charge in [0.2, 0.25) is 5.60 Å². The number of benzene rings is 5. The topological polar surface area (TPSA) is 55.7 Å². The van der Waals surface area contributed by atoms with E-state index < -0.39 is 17.3 Å². The molecule has 6 nitrogen and oxygen atoms in total. The molecule has 3 aliphatic rings. The number of likely N-dealkylation sites (tertiary alicyclic amines) is 1. The van der Waals surface area contributed by atoms with Crippen LogP contribution in [0.1, 0.15) is 46.7 Å². The number of piperidine rings is 1. The molecule has 2 spiro atoms. The van der Waals surface area contributed by atoms with Crippen molar-refractivity contribution in [3.05, 3.63) is 182 Å². The number of nitrogens with zero attached hydrogens (tertiary/aromatic N) is 3. The number of hydrogen-bond donors (Lipinski definition) is 0. The van der Waals surface area contributed by atoms with Gasteiger partial charge in [-0.1, -0.05) is 152 Å². The normalized spacial score (nSPS) is 24.6. The van der Waals surface area contributed by atoms with Gasteiger partial charge in [-0.3, -0.25) is 4.90 Å². The Kier molecular flexibility index (Phi) is 8.48. The van der Waals surface area contributed by atoms with Crippen molar-refractivity contribution in [2.75, 3.05) is 13.1 Å². The van der Waals surface area contributed by atoms with Crippen LogP contribution in [0.2, 0.25) is 0 Å². The van der Waals surface area contributed by atoms with Gasteiger partial charge in [0.25, 0.3) is 5.90 Å². The molecule has 4 atom stereocenters. The Balaban J connectivity index is 1.38. The highest BCUT2D eigenvalue weighted by Gasteiger charge is 2.74. The van der Waals surface area contributed by atoms with Gasteiger partial charge in [0, 0.05) is 38.2 Å². The number of ether oxygens (including phenoxy) is 1. The first-order valence-electron chi connectivity index (χ1n) is 16.3. The minimum Gasteiger partial charge on any atom is -0.422 e. The molecular formula is C41H33Br2N3O3. The van der Waals surface area contributed by atoms with E-state index >= 15 is 0 Å². The molecule has 5 aromatic rings. The van der Waals surface area contributed by atoms with Crippen LogP contribution >= 0.6 is 31.9 Å². The molecule has 0 bridgehead atoms. The third kappa shape index (κ3) is 5.52. The minimum atomic E-state index is -1.49. The quantitative estimate of drug-likeness (QED) is 0.173. The average Bonchev–Trinajstić information content (AvgIpc) is 3.76. The highest BCUT2D eigenvalue weighted by molar-refractivity contribution is 9.10. The number of oxime groups is 2. The SMILES string of the molecule is C[C@H](c1ccccc1)N1C/C(=C\c2ccccc2Br)[C@]2(ON=C(c3ccccc3)O2)[C@]2(C1)ON=C(c1ccccc1)[C@H]2c1ccccc1Br. The van der Waals surface area contributed by atoms with Crippen LogP contribution in [0.3, 0.4) is 0 Å². The second-order valence-electron chi connectivity index (χ2n) is 12.5. The number of hydrogen-bond acceptors (Lipinski definition) is 6. The zero-order valence-electron chi connectivity index (χ0n) is 26.7. The van der Waals surface area contributed by atoms with E-state index in [0.717, 1.165) is 42.5 Å². The summed E-state index contributed by atoms with van der Waals surface area (Å²) in [4.78, 5) is 16.2. The summed E-state index contributed by atoms with van der Waals surface area (Å²) in [5.74, 6) is -1.52. The third-order valence-corrected chi connectivity index (χ3v) is 11.2. The highest BCUT2D eigenvalue weighted by atomic mass is 79.9. The van der Waals surface area contributed by atoms with E-state index in [2.05, 4.69) is 116 Å². The molecule has 3 heterocycles. The Morgan fingerprint density at radius 3 is 2.02 bits per heavy atom. The van der Waals surface area contributed by atoms with Gasteiger partial charge in [-0.05, 0) is 59.1 Å². The van der Waals surface area contributed by atoms with E-state index in [1.165, 1.54) is 5.56 Å². The highest BCUT2D eigenvalue weighted by Crippen LogP contribution is 2.57. The van der Waals surface area contributed by atoms with Crippen LogP contribution in [0.5, 0.6) is 0 Å². The summed E-state index contributed by atoms with van der Waals surface area (Å²) in [6, 6.07) is 47.1. The fraction of sp³-hybridized carbons (Fsp3) is 0.171. The van der Waals surface area contributed by atoms with E-state index in [4.69, 9.17) is 19.6 Å². The van der Waals surface area contributed by atoms with E-state index in [0.29, 0.717) is 19.0 Å². The van der Waals surface area contributed by atoms with Crippen LogP contribution in [-0.2, 0) is 14.4 Å². The third-order valence-electron chi connectivity index (χ3n) is 9.71. The van der Waals surface area contributed by atoms with Crippen LogP contribution in [0.4, 0.5) is 0 Å². The first-order valence-corrected chi connectivity index (χ1v) is 17.9. The van der Waals surface area contributed by atoms with Crippen LogP contribution in [0, 0.1) is 0 Å². The smallest absolute Gasteiger partial charge is 0.346 e. The molecule has 0 aromatic heterocycles. The van der Waals surface area contributed by atoms with E-state index in [9.17, 15) is 0 Å².